The average molecular weight is 266 g/mol. The van der Waals surface area contributed by atoms with Crippen molar-refractivity contribution in [3.05, 3.63) is 35.5 Å². The number of likely N-dealkylation sites (tertiary alicyclic amines) is 1. The summed E-state index contributed by atoms with van der Waals surface area (Å²) in [5.41, 5.74) is 3.65. The first-order valence-electron chi connectivity index (χ1n) is 6.99. The first kappa shape index (κ1) is 12.8. The van der Waals surface area contributed by atoms with Gasteiger partial charge in [-0.1, -0.05) is 18.2 Å². The van der Waals surface area contributed by atoms with E-state index < -0.39 is 0 Å². The van der Waals surface area contributed by atoms with E-state index in [1.54, 1.807) is 0 Å². The molecule has 0 saturated carbocycles. The molecule has 3 nitrogen and oxygen atoms in total. The molecule has 1 saturated heterocycles. The van der Waals surface area contributed by atoms with Crippen molar-refractivity contribution in [3.8, 4) is 12.3 Å². The molecule has 2 aromatic rings. The van der Waals surface area contributed by atoms with E-state index in [0.29, 0.717) is 13.0 Å². The summed E-state index contributed by atoms with van der Waals surface area (Å²) < 4.78 is 0. The molecule has 102 valence electrons. The van der Waals surface area contributed by atoms with Crippen LogP contribution in [0.3, 0.4) is 0 Å². The Morgan fingerprint density at radius 2 is 2.25 bits per heavy atom. The highest BCUT2D eigenvalue weighted by Gasteiger charge is 2.27. The highest BCUT2D eigenvalue weighted by Crippen LogP contribution is 2.24. The molecule has 0 aliphatic carbocycles. The predicted octanol–water partition coefficient (Wildman–Crippen LogP) is 2.50. The molecule has 1 fully saturated rings. The second kappa shape index (κ2) is 5.05. The number of rotatable bonds is 3. The molecule has 1 aromatic carbocycles. The van der Waals surface area contributed by atoms with Crippen LogP contribution in [0.4, 0.5) is 0 Å². The molecule has 2 heterocycles. The summed E-state index contributed by atoms with van der Waals surface area (Å²) in [5.74, 6) is 2.96. The topological polar surface area (TPSA) is 36.1 Å². The Kier molecular flexibility index (Phi) is 3.23. The smallest absolute Gasteiger partial charge is 0.223 e. The number of para-hydroxylation sites is 1. The minimum Gasteiger partial charge on any atom is -0.358 e. The van der Waals surface area contributed by atoms with Crippen molar-refractivity contribution in [2.24, 2.45) is 5.92 Å². The minimum absolute atomic E-state index is 0.0894. The molecule has 0 spiro atoms. The molecule has 1 aliphatic rings. The number of aromatic amines is 1. The zero-order valence-corrected chi connectivity index (χ0v) is 11.6. The summed E-state index contributed by atoms with van der Waals surface area (Å²) in [6.45, 7) is 3.54. The number of aryl methyl sites for hydroxylation is 1. The lowest BCUT2D eigenvalue weighted by molar-refractivity contribution is -0.127. The second-order valence-electron chi connectivity index (χ2n) is 5.43. The van der Waals surface area contributed by atoms with E-state index in [-0.39, 0.29) is 11.8 Å². The van der Waals surface area contributed by atoms with Gasteiger partial charge < -0.3 is 9.88 Å². The van der Waals surface area contributed by atoms with Gasteiger partial charge in [0.05, 0.1) is 0 Å². The number of fused-ring (bicyclic) bond motifs is 1. The fraction of sp³-hybridized carbons (Fsp3) is 0.353. The van der Waals surface area contributed by atoms with Crippen LogP contribution in [0.15, 0.2) is 24.3 Å². The molecule has 1 amide bonds. The van der Waals surface area contributed by atoms with Crippen LogP contribution in [0.1, 0.15) is 17.7 Å². The highest BCUT2D eigenvalue weighted by molar-refractivity contribution is 5.84. The van der Waals surface area contributed by atoms with Crippen molar-refractivity contribution in [1.29, 1.82) is 0 Å². The van der Waals surface area contributed by atoms with E-state index in [2.05, 4.69) is 36.0 Å². The lowest BCUT2D eigenvalue weighted by atomic mass is 10.1. The molecule has 20 heavy (non-hydrogen) atoms. The Bertz CT molecular complexity index is 693. The van der Waals surface area contributed by atoms with Crippen LogP contribution >= 0.6 is 0 Å². The lowest BCUT2D eigenvalue weighted by Gasteiger charge is -2.15. The number of nitrogens with zero attached hydrogens (tertiary/aromatic N) is 1. The van der Waals surface area contributed by atoms with Crippen LogP contribution in [0, 0.1) is 25.2 Å². The quantitative estimate of drug-likeness (QED) is 0.851. The molecule has 3 rings (SSSR count). The SMILES string of the molecule is C#CC1CC(=O)N(CCc2c(C)[nH]c3ccccc23)C1. The van der Waals surface area contributed by atoms with E-state index in [1.165, 1.54) is 16.6 Å². The van der Waals surface area contributed by atoms with Crippen LogP contribution in [0.2, 0.25) is 0 Å². The largest absolute Gasteiger partial charge is 0.358 e. The summed E-state index contributed by atoms with van der Waals surface area (Å²) >= 11 is 0. The van der Waals surface area contributed by atoms with Gasteiger partial charge in [0.25, 0.3) is 0 Å². The number of hydrogen-bond acceptors (Lipinski definition) is 1. The van der Waals surface area contributed by atoms with Gasteiger partial charge >= 0.3 is 0 Å². The van der Waals surface area contributed by atoms with Crippen LogP contribution in [-0.4, -0.2) is 28.9 Å². The third kappa shape index (κ3) is 2.18. The maximum absolute atomic E-state index is 11.9. The zero-order valence-electron chi connectivity index (χ0n) is 11.6. The number of hydrogen-bond donors (Lipinski definition) is 1. The molecule has 0 radical (unpaired) electrons. The first-order valence-corrected chi connectivity index (χ1v) is 6.99. The lowest BCUT2D eigenvalue weighted by Crippen LogP contribution is -2.27. The van der Waals surface area contributed by atoms with Crippen molar-refractivity contribution in [1.82, 2.24) is 9.88 Å². The molecule has 3 heteroatoms. The van der Waals surface area contributed by atoms with E-state index >= 15 is 0 Å². The van der Waals surface area contributed by atoms with Gasteiger partial charge in [-0.2, -0.15) is 0 Å². The number of benzene rings is 1. The average Bonchev–Trinajstić information content (AvgIpc) is 2.96. The summed E-state index contributed by atoms with van der Waals surface area (Å²) in [6.07, 6.45) is 6.79. The fourth-order valence-electron chi connectivity index (χ4n) is 3.00. The zero-order chi connectivity index (χ0) is 14.1. The molecule has 0 bridgehead atoms. The summed E-state index contributed by atoms with van der Waals surface area (Å²) in [4.78, 5) is 17.2. The van der Waals surface area contributed by atoms with Crippen molar-refractivity contribution in [2.45, 2.75) is 19.8 Å². The van der Waals surface area contributed by atoms with Gasteiger partial charge in [0.1, 0.15) is 0 Å². The Morgan fingerprint density at radius 3 is 3.00 bits per heavy atom. The van der Waals surface area contributed by atoms with Crippen LogP contribution in [0.25, 0.3) is 10.9 Å². The van der Waals surface area contributed by atoms with Gasteiger partial charge in [0.2, 0.25) is 5.91 Å². The summed E-state index contributed by atoms with van der Waals surface area (Å²) in [6, 6.07) is 8.30. The number of carbonyl (C=O) groups is 1. The van der Waals surface area contributed by atoms with Gasteiger partial charge in [-0.25, -0.2) is 0 Å². The molecule has 1 atom stereocenters. The van der Waals surface area contributed by atoms with E-state index in [9.17, 15) is 4.79 Å². The summed E-state index contributed by atoms with van der Waals surface area (Å²) in [7, 11) is 0. The maximum atomic E-state index is 11.9. The number of amides is 1. The van der Waals surface area contributed by atoms with Crippen molar-refractivity contribution >= 4 is 16.8 Å². The number of carbonyl (C=O) groups excluding carboxylic acids is 1. The van der Waals surface area contributed by atoms with Gasteiger partial charge in [-0.15, -0.1) is 12.3 Å². The van der Waals surface area contributed by atoms with E-state index in [0.717, 1.165) is 18.5 Å². The Morgan fingerprint density at radius 1 is 1.45 bits per heavy atom. The molecular formula is C17H18N2O. The Labute approximate surface area is 119 Å². The van der Waals surface area contributed by atoms with Crippen molar-refractivity contribution in [3.63, 3.8) is 0 Å². The van der Waals surface area contributed by atoms with Gasteiger partial charge in [-0.05, 0) is 25.0 Å². The van der Waals surface area contributed by atoms with Gasteiger partial charge in [-0.3, -0.25) is 4.79 Å². The minimum atomic E-state index is 0.0894. The Balaban J connectivity index is 1.76. The van der Waals surface area contributed by atoms with Crippen LogP contribution in [0.5, 0.6) is 0 Å². The van der Waals surface area contributed by atoms with Crippen LogP contribution < -0.4 is 0 Å². The number of nitrogens with one attached hydrogen (secondary N) is 1. The third-order valence-electron chi connectivity index (χ3n) is 4.11. The van der Waals surface area contributed by atoms with Gasteiger partial charge in [0.15, 0.2) is 0 Å². The molecule has 1 aromatic heterocycles. The monoisotopic (exact) mass is 266 g/mol. The molecular weight excluding hydrogens is 248 g/mol. The number of H-pyrrole nitrogens is 1. The fourth-order valence-corrected chi connectivity index (χ4v) is 3.00. The van der Waals surface area contributed by atoms with E-state index in [4.69, 9.17) is 6.42 Å². The molecule has 1 N–H and O–H groups in total. The predicted molar refractivity (Wildman–Crippen MR) is 80.3 cm³/mol. The van der Waals surface area contributed by atoms with E-state index in [1.807, 2.05) is 11.0 Å². The third-order valence-corrected chi connectivity index (χ3v) is 4.11. The second-order valence-corrected chi connectivity index (χ2v) is 5.43. The van der Waals surface area contributed by atoms with Crippen LogP contribution in [-0.2, 0) is 11.2 Å². The molecule has 1 aliphatic heterocycles. The number of terminal acetylenes is 1. The normalized spacial score (nSPS) is 18.7. The highest BCUT2D eigenvalue weighted by atomic mass is 16.2. The Hall–Kier alpha value is -2.21. The van der Waals surface area contributed by atoms with Gasteiger partial charge in [0, 0.05) is 42.0 Å². The summed E-state index contributed by atoms with van der Waals surface area (Å²) in [5, 5.41) is 1.25. The molecule has 1 unspecified atom stereocenters. The van der Waals surface area contributed by atoms with Crippen molar-refractivity contribution in [2.75, 3.05) is 13.1 Å². The standard InChI is InChI=1S/C17H18N2O/c1-3-13-10-17(20)19(11-13)9-8-14-12(2)18-16-7-5-4-6-15(14)16/h1,4-7,13,18H,8-11H2,2H3. The first-order chi connectivity index (χ1) is 9.69. The number of aromatic nitrogens is 1. The van der Waals surface area contributed by atoms with Crippen molar-refractivity contribution < 1.29 is 4.79 Å². The maximum Gasteiger partial charge on any atom is 0.223 e.